The monoisotopic (exact) mass is 302 g/mol. The number of benzene rings is 1. The minimum atomic E-state index is -0.442. The second-order valence-corrected chi connectivity index (χ2v) is 6.96. The van der Waals surface area contributed by atoms with Gasteiger partial charge in [0.15, 0.2) is 0 Å². The molecule has 2 aromatic rings. The first-order valence-corrected chi connectivity index (χ1v) is 7.79. The Morgan fingerprint density at radius 3 is 2.73 bits per heavy atom. The van der Waals surface area contributed by atoms with Crippen LogP contribution in [0.1, 0.15) is 33.2 Å². The van der Waals surface area contributed by atoms with Crippen LogP contribution in [0.25, 0.3) is 10.9 Å². The zero-order valence-electron chi connectivity index (χ0n) is 13.7. The van der Waals surface area contributed by atoms with Gasteiger partial charge in [0.25, 0.3) is 0 Å². The normalized spacial score (nSPS) is 18.9. The van der Waals surface area contributed by atoms with Gasteiger partial charge in [-0.25, -0.2) is 4.79 Å². The molecule has 0 unspecified atom stereocenters. The zero-order valence-corrected chi connectivity index (χ0v) is 13.7. The van der Waals surface area contributed by atoms with E-state index in [9.17, 15) is 4.79 Å². The number of carbonyl (C=O) groups is 1. The molecule has 118 valence electrons. The fourth-order valence-corrected chi connectivity index (χ4v) is 3.05. The van der Waals surface area contributed by atoms with Gasteiger partial charge in [0.05, 0.1) is 19.0 Å². The molecule has 22 heavy (non-hydrogen) atoms. The Labute approximate surface area is 131 Å². The quantitative estimate of drug-likeness (QED) is 0.760. The molecular weight excluding hydrogens is 278 g/mol. The Morgan fingerprint density at radius 1 is 1.32 bits per heavy atom. The van der Waals surface area contributed by atoms with Crippen molar-refractivity contribution in [3.05, 3.63) is 30.5 Å². The van der Waals surface area contributed by atoms with Gasteiger partial charge in [-0.15, -0.1) is 4.68 Å². The summed E-state index contributed by atoms with van der Waals surface area (Å²) in [4.78, 5) is 14.0. The van der Waals surface area contributed by atoms with Gasteiger partial charge in [0.2, 0.25) is 12.2 Å². The first kappa shape index (κ1) is 14.9. The highest BCUT2D eigenvalue weighted by Gasteiger charge is 2.36. The summed E-state index contributed by atoms with van der Waals surface area (Å²) in [6, 6.07) is 8.63. The molecule has 0 N–H and O–H groups in total. The van der Waals surface area contributed by atoms with Crippen molar-refractivity contribution in [3.63, 3.8) is 0 Å². The molecule has 1 fully saturated rings. The fraction of sp³-hybridized carbons (Fsp3) is 0.529. The van der Waals surface area contributed by atoms with E-state index < -0.39 is 5.60 Å². The summed E-state index contributed by atoms with van der Waals surface area (Å²) in [5, 5.41) is 1.22. The third-order valence-corrected chi connectivity index (χ3v) is 4.09. The summed E-state index contributed by atoms with van der Waals surface area (Å²) in [7, 11) is 2.07. The fourth-order valence-electron chi connectivity index (χ4n) is 3.05. The molecule has 0 radical (unpaired) electrons. The number of carbonyl (C=O) groups excluding carboxylic acids is 1. The standard InChI is InChI=1S/C17H24N3O2/c1-17(2,3)22-16(21)19-10-9-14(12-19)20-11-13-7-5-6-8-15(13)18(20)4/h5-8,11,14H,9-10,12H2,1-4H3/q+1/t14-/m1/s1. The maximum Gasteiger partial charge on any atom is 0.410 e. The first-order valence-electron chi connectivity index (χ1n) is 7.79. The van der Waals surface area contributed by atoms with Crippen LogP contribution < -0.4 is 4.68 Å². The highest BCUT2D eigenvalue weighted by Crippen LogP contribution is 2.21. The van der Waals surface area contributed by atoms with Crippen molar-refractivity contribution in [1.82, 2.24) is 9.58 Å². The minimum Gasteiger partial charge on any atom is -0.444 e. The van der Waals surface area contributed by atoms with Crippen LogP contribution in [0, 0.1) is 0 Å². The van der Waals surface area contributed by atoms with E-state index in [1.165, 1.54) is 10.9 Å². The molecule has 2 heterocycles. The first-order chi connectivity index (χ1) is 10.3. The number of amides is 1. The van der Waals surface area contributed by atoms with E-state index in [1.807, 2.05) is 32.9 Å². The van der Waals surface area contributed by atoms with Crippen LogP contribution in [0.15, 0.2) is 30.5 Å². The number of para-hydroxylation sites is 1. The van der Waals surface area contributed by atoms with Crippen molar-refractivity contribution in [3.8, 4) is 0 Å². The van der Waals surface area contributed by atoms with Gasteiger partial charge in [0.1, 0.15) is 11.1 Å². The van der Waals surface area contributed by atoms with Gasteiger partial charge < -0.3 is 9.64 Å². The van der Waals surface area contributed by atoms with Gasteiger partial charge in [-0.3, -0.25) is 0 Å². The van der Waals surface area contributed by atoms with Crippen LogP contribution in [0.3, 0.4) is 0 Å². The Hall–Kier alpha value is -2.04. The predicted octanol–water partition coefficient (Wildman–Crippen LogP) is 2.65. The largest absolute Gasteiger partial charge is 0.444 e. The van der Waals surface area contributed by atoms with Crippen molar-refractivity contribution in [2.24, 2.45) is 7.05 Å². The number of hydrogen-bond donors (Lipinski definition) is 0. The summed E-state index contributed by atoms with van der Waals surface area (Å²) in [5.41, 5.74) is 0.764. The number of aromatic nitrogens is 2. The molecule has 1 atom stereocenters. The molecule has 1 amide bonds. The van der Waals surface area contributed by atoms with Crippen LogP contribution in [0.2, 0.25) is 0 Å². The Bertz CT molecular complexity index is 699. The van der Waals surface area contributed by atoms with E-state index in [1.54, 1.807) is 4.90 Å². The summed E-state index contributed by atoms with van der Waals surface area (Å²) >= 11 is 0. The van der Waals surface area contributed by atoms with Gasteiger partial charge >= 0.3 is 6.09 Å². The topological polar surface area (TPSA) is 38.3 Å². The molecular formula is C17H24N3O2+. The second-order valence-electron chi connectivity index (χ2n) is 6.96. The van der Waals surface area contributed by atoms with Gasteiger partial charge in [-0.1, -0.05) is 12.1 Å². The Morgan fingerprint density at radius 2 is 2.05 bits per heavy atom. The van der Waals surface area contributed by atoms with Crippen LogP contribution in [-0.2, 0) is 11.8 Å². The lowest BCUT2D eigenvalue weighted by atomic mass is 10.2. The maximum absolute atomic E-state index is 12.2. The average Bonchev–Trinajstić information content (AvgIpc) is 3.03. The summed E-state index contributed by atoms with van der Waals surface area (Å²) in [5.74, 6) is 0. The Balaban J connectivity index is 1.77. The third-order valence-electron chi connectivity index (χ3n) is 4.09. The highest BCUT2D eigenvalue weighted by atomic mass is 16.6. The molecule has 1 aliphatic rings. The smallest absolute Gasteiger partial charge is 0.410 e. The van der Waals surface area contributed by atoms with E-state index in [0.29, 0.717) is 12.6 Å². The van der Waals surface area contributed by atoms with E-state index in [4.69, 9.17) is 4.74 Å². The van der Waals surface area contributed by atoms with E-state index in [-0.39, 0.29) is 6.09 Å². The molecule has 5 nitrogen and oxygen atoms in total. The molecule has 0 spiro atoms. The predicted molar refractivity (Wildman–Crippen MR) is 84.6 cm³/mol. The molecule has 0 aliphatic carbocycles. The molecule has 1 saturated heterocycles. The van der Waals surface area contributed by atoms with Crippen LogP contribution >= 0.6 is 0 Å². The number of fused-ring (bicyclic) bond motifs is 1. The maximum atomic E-state index is 12.2. The highest BCUT2D eigenvalue weighted by molar-refractivity contribution is 5.77. The van der Waals surface area contributed by atoms with E-state index in [0.717, 1.165) is 13.0 Å². The van der Waals surface area contributed by atoms with Crippen molar-refractivity contribution < 1.29 is 14.2 Å². The lowest BCUT2D eigenvalue weighted by Gasteiger charge is -2.23. The second kappa shape index (κ2) is 5.30. The van der Waals surface area contributed by atoms with Gasteiger partial charge in [-0.2, -0.15) is 4.68 Å². The summed E-state index contributed by atoms with van der Waals surface area (Å²) < 4.78 is 9.86. The van der Waals surface area contributed by atoms with Crippen molar-refractivity contribution in [2.45, 2.75) is 38.8 Å². The number of hydrogen-bond acceptors (Lipinski definition) is 2. The van der Waals surface area contributed by atoms with Gasteiger partial charge in [0, 0.05) is 13.0 Å². The SMILES string of the molecule is Cn1c2ccccc2c[n+]1[C@@H]1CCN(C(=O)OC(C)(C)C)C1. The number of likely N-dealkylation sites (tertiary alicyclic amines) is 1. The van der Waals surface area contributed by atoms with Crippen LogP contribution in [-0.4, -0.2) is 34.4 Å². The van der Waals surface area contributed by atoms with Crippen LogP contribution in [0.5, 0.6) is 0 Å². The van der Waals surface area contributed by atoms with Crippen molar-refractivity contribution in [2.75, 3.05) is 13.1 Å². The van der Waals surface area contributed by atoms with Crippen LogP contribution in [0.4, 0.5) is 4.79 Å². The molecule has 1 aromatic carbocycles. The molecule has 0 bridgehead atoms. The number of aryl methyl sites for hydroxylation is 1. The van der Waals surface area contributed by atoms with E-state index in [2.05, 4.69) is 34.7 Å². The molecule has 3 rings (SSSR count). The average molecular weight is 302 g/mol. The zero-order chi connectivity index (χ0) is 15.9. The molecule has 1 aromatic heterocycles. The summed E-state index contributed by atoms with van der Waals surface area (Å²) in [6.07, 6.45) is 2.90. The number of rotatable bonds is 1. The summed E-state index contributed by atoms with van der Waals surface area (Å²) in [6.45, 7) is 7.14. The van der Waals surface area contributed by atoms with E-state index >= 15 is 0 Å². The number of nitrogens with zero attached hydrogens (tertiary/aromatic N) is 3. The van der Waals surface area contributed by atoms with Crippen molar-refractivity contribution in [1.29, 1.82) is 0 Å². The minimum absolute atomic E-state index is 0.214. The molecule has 5 heteroatoms. The molecule has 0 saturated carbocycles. The van der Waals surface area contributed by atoms with Crippen molar-refractivity contribution >= 4 is 17.0 Å². The van der Waals surface area contributed by atoms with Gasteiger partial charge in [-0.05, 0) is 32.9 Å². The lowest BCUT2D eigenvalue weighted by Crippen LogP contribution is -2.47. The number of ether oxygens (including phenoxy) is 1. The lowest BCUT2D eigenvalue weighted by molar-refractivity contribution is -0.790. The molecule has 1 aliphatic heterocycles. The third kappa shape index (κ3) is 2.80. The Kier molecular flexibility index (Phi) is 3.59.